The highest BCUT2D eigenvalue weighted by Gasteiger charge is 2.20. The zero-order chi connectivity index (χ0) is 20.1. The van der Waals surface area contributed by atoms with Crippen LogP contribution in [0.5, 0.6) is 0 Å². The molecule has 0 unspecified atom stereocenters. The zero-order valence-electron chi connectivity index (χ0n) is 16.6. The predicted octanol–water partition coefficient (Wildman–Crippen LogP) is 4.56. The van der Waals surface area contributed by atoms with Crippen molar-refractivity contribution in [1.29, 1.82) is 0 Å². The van der Waals surface area contributed by atoms with Crippen LogP contribution in [0.2, 0.25) is 0 Å². The highest BCUT2D eigenvalue weighted by Crippen LogP contribution is 2.22. The zero-order valence-corrected chi connectivity index (χ0v) is 16.6. The van der Waals surface area contributed by atoms with Gasteiger partial charge in [0.15, 0.2) is 5.76 Å². The minimum Gasteiger partial charge on any atom is -0.459 e. The SMILES string of the molecule is CC(C)c1cc(CN(C)C(=O)Nc2ccc(C(=O)OC3CCCC3)cc2)on1. The van der Waals surface area contributed by atoms with Gasteiger partial charge in [0, 0.05) is 18.8 Å². The summed E-state index contributed by atoms with van der Waals surface area (Å²) in [6, 6.07) is 8.31. The molecule has 1 fully saturated rings. The van der Waals surface area contributed by atoms with E-state index < -0.39 is 0 Å². The van der Waals surface area contributed by atoms with E-state index in [0.717, 1.165) is 31.4 Å². The Balaban J connectivity index is 1.52. The Morgan fingerprint density at radius 2 is 1.93 bits per heavy atom. The topological polar surface area (TPSA) is 84.7 Å². The van der Waals surface area contributed by atoms with Crippen LogP contribution in [-0.2, 0) is 11.3 Å². The molecule has 1 N–H and O–H groups in total. The number of hydrogen-bond donors (Lipinski definition) is 1. The van der Waals surface area contributed by atoms with Crippen LogP contribution in [0.3, 0.4) is 0 Å². The van der Waals surface area contributed by atoms with Gasteiger partial charge < -0.3 is 19.5 Å². The smallest absolute Gasteiger partial charge is 0.338 e. The van der Waals surface area contributed by atoms with Crippen molar-refractivity contribution < 1.29 is 18.8 Å². The number of nitrogens with zero attached hydrogens (tertiary/aromatic N) is 2. The molecule has 2 aromatic rings. The summed E-state index contributed by atoms with van der Waals surface area (Å²) < 4.78 is 10.8. The van der Waals surface area contributed by atoms with Crippen molar-refractivity contribution in [3.63, 3.8) is 0 Å². The molecular formula is C21H27N3O4. The van der Waals surface area contributed by atoms with Gasteiger partial charge in [-0.15, -0.1) is 0 Å². The number of carbonyl (C=O) groups excluding carboxylic acids is 2. The third-order valence-corrected chi connectivity index (χ3v) is 4.86. The van der Waals surface area contributed by atoms with Crippen LogP contribution in [-0.4, -0.2) is 35.2 Å². The lowest BCUT2D eigenvalue weighted by molar-refractivity contribution is 0.0318. The number of esters is 1. The third-order valence-electron chi connectivity index (χ3n) is 4.86. The second kappa shape index (κ2) is 8.91. The summed E-state index contributed by atoms with van der Waals surface area (Å²) in [6.07, 6.45) is 4.14. The number of ether oxygens (including phenoxy) is 1. The number of nitrogens with one attached hydrogen (secondary N) is 1. The number of rotatable bonds is 6. The Hall–Kier alpha value is -2.83. The van der Waals surface area contributed by atoms with Crippen molar-refractivity contribution in [2.75, 3.05) is 12.4 Å². The normalized spacial score (nSPS) is 14.3. The molecule has 0 aliphatic heterocycles. The van der Waals surface area contributed by atoms with Crippen LogP contribution in [0, 0.1) is 0 Å². The predicted molar refractivity (Wildman–Crippen MR) is 105 cm³/mol. The van der Waals surface area contributed by atoms with Gasteiger partial charge in [-0.1, -0.05) is 19.0 Å². The van der Waals surface area contributed by atoms with Crippen molar-refractivity contribution in [1.82, 2.24) is 10.1 Å². The lowest BCUT2D eigenvalue weighted by Crippen LogP contribution is -2.30. The molecular weight excluding hydrogens is 358 g/mol. The number of aromatic nitrogens is 1. The Morgan fingerprint density at radius 3 is 2.54 bits per heavy atom. The maximum atomic E-state index is 12.4. The molecule has 7 nitrogen and oxygen atoms in total. The highest BCUT2D eigenvalue weighted by atomic mass is 16.5. The molecule has 1 saturated carbocycles. The molecule has 0 spiro atoms. The summed E-state index contributed by atoms with van der Waals surface area (Å²) in [5.41, 5.74) is 1.96. The summed E-state index contributed by atoms with van der Waals surface area (Å²) in [5.74, 6) is 0.593. The Kier molecular flexibility index (Phi) is 6.34. The number of anilines is 1. The van der Waals surface area contributed by atoms with E-state index in [9.17, 15) is 9.59 Å². The number of benzene rings is 1. The molecule has 7 heteroatoms. The first-order valence-corrected chi connectivity index (χ1v) is 9.71. The van der Waals surface area contributed by atoms with E-state index in [1.54, 1.807) is 31.3 Å². The molecule has 2 amide bonds. The number of amides is 2. The van der Waals surface area contributed by atoms with E-state index in [4.69, 9.17) is 9.26 Å². The first-order valence-electron chi connectivity index (χ1n) is 9.71. The molecule has 3 rings (SSSR count). The van der Waals surface area contributed by atoms with Gasteiger partial charge in [-0.3, -0.25) is 0 Å². The van der Waals surface area contributed by atoms with Gasteiger partial charge in [0.25, 0.3) is 0 Å². The molecule has 0 radical (unpaired) electrons. The quantitative estimate of drug-likeness (QED) is 0.737. The van der Waals surface area contributed by atoms with E-state index in [-0.39, 0.29) is 24.0 Å². The molecule has 150 valence electrons. The van der Waals surface area contributed by atoms with Gasteiger partial charge in [-0.2, -0.15) is 0 Å². The fourth-order valence-electron chi connectivity index (χ4n) is 3.12. The summed E-state index contributed by atoms with van der Waals surface area (Å²) in [6.45, 7) is 4.38. The Bertz CT molecular complexity index is 807. The van der Waals surface area contributed by atoms with E-state index >= 15 is 0 Å². The fourth-order valence-corrected chi connectivity index (χ4v) is 3.12. The van der Waals surface area contributed by atoms with Gasteiger partial charge in [-0.25, -0.2) is 9.59 Å². The average Bonchev–Trinajstić information content (AvgIpc) is 3.34. The van der Waals surface area contributed by atoms with Gasteiger partial charge in [0.1, 0.15) is 6.10 Å². The molecule has 0 atom stereocenters. The summed E-state index contributed by atoms with van der Waals surface area (Å²) in [4.78, 5) is 26.0. The van der Waals surface area contributed by atoms with E-state index in [2.05, 4.69) is 10.5 Å². The molecule has 1 aliphatic carbocycles. The standard InChI is InChI=1S/C21H27N3O4/c1-14(2)19-12-18(28-23-19)13-24(3)21(26)22-16-10-8-15(9-11-16)20(25)27-17-6-4-5-7-17/h8-12,14,17H,4-7,13H2,1-3H3,(H,22,26). The number of urea groups is 1. The fraction of sp³-hybridized carbons (Fsp3) is 0.476. The largest absolute Gasteiger partial charge is 0.459 e. The maximum absolute atomic E-state index is 12.4. The van der Waals surface area contributed by atoms with Gasteiger partial charge in [0.05, 0.1) is 17.8 Å². The second-order valence-electron chi connectivity index (χ2n) is 7.55. The molecule has 0 saturated heterocycles. The molecule has 1 aromatic carbocycles. The average molecular weight is 385 g/mol. The third kappa shape index (κ3) is 5.12. The second-order valence-corrected chi connectivity index (χ2v) is 7.55. The molecule has 1 aromatic heterocycles. The monoisotopic (exact) mass is 385 g/mol. The van der Waals surface area contributed by atoms with Crippen molar-refractivity contribution in [2.24, 2.45) is 0 Å². The lowest BCUT2D eigenvalue weighted by Gasteiger charge is -2.16. The van der Waals surface area contributed by atoms with Crippen LogP contribution in [0.15, 0.2) is 34.9 Å². The van der Waals surface area contributed by atoms with Gasteiger partial charge >= 0.3 is 12.0 Å². The van der Waals surface area contributed by atoms with Gasteiger partial charge in [-0.05, 0) is 55.9 Å². The summed E-state index contributed by atoms with van der Waals surface area (Å²) in [5, 5.41) is 6.80. The van der Waals surface area contributed by atoms with Crippen LogP contribution < -0.4 is 5.32 Å². The maximum Gasteiger partial charge on any atom is 0.338 e. The minimum atomic E-state index is -0.312. The Morgan fingerprint density at radius 1 is 1.25 bits per heavy atom. The molecule has 1 aliphatic rings. The highest BCUT2D eigenvalue weighted by molar-refractivity contribution is 5.92. The number of hydrogen-bond acceptors (Lipinski definition) is 5. The summed E-state index contributed by atoms with van der Waals surface area (Å²) in [7, 11) is 1.68. The van der Waals surface area contributed by atoms with Crippen molar-refractivity contribution in [2.45, 2.75) is 58.1 Å². The van der Waals surface area contributed by atoms with Crippen LogP contribution in [0.1, 0.15) is 67.3 Å². The van der Waals surface area contributed by atoms with Crippen LogP contribution >= 0.6 is 0 Å². The van der Waals surface area contributed by atoms with Crippen molar-refractivity contribution >= 4 is 17.7 Å². The van der Waals surface area contributed by atoms with Gasteiger partial charge in [0.2, 0.25) is 0 Å². The lowest BCUT2D eigenvalue weighted by atomic mass is 10.1. The molecule has 0 bridgehead atoms. The Labute approximate surface area is 165 Å². The molecule has 28 heavy (non-hydrogen) atoms. The van der Waals surface area contributed by atoms with Crippen LogP contribution in [0.25, 0.3) is 0 Å². The summed E-state index contributed by atoms with van der Waals surface area (Å²) >= 11 is 0. The van der Waals surface area contributed by atoms with E-state index in [1.807, 2.05) is 19.9 Å². The van der Waals surface area contributed by atoms with Crippen LogP contribution in [0.4, 0.5) is 10.5 Å². The van der Waals surface area contributed by atoms with Crippen molar-refractivity contribution in [3.8, 4) is 0 Å². The first-order chi connectivity index (χ1) is 13.4. The number of carbonyl (C=O) groups is 2. The molecule has 1 heterocycles. The van der Waals surface area contributed by atoms with Crippen molar-refractivity contribution in [3.05, 3.63) is 47.3 Å². The van der Waals surface area contributed by atoms with E-state index in [1.165, 1.54) is 4.90 Å². The first kappa shape index (κ1) is 19.9. The van der Waals surface area contributed by atoms with E-state index in [0.29, 0.717) is 23.6 Å². The minimum absolute atomic E-state index is 0.0350.